The number of nitrogens with zero attached hydrogens (tertiary/aromatic N) is 1. The molecule has 0 spiro atoms. The van der Waals surface area contributed by atoms with E-state index in [4.69, 9.17) is 5.73 Å². The van der Waals surface area contributed by atoms with Gasteiger partial charge in [-0.3, -0.25) is 4.79 Å². The number of aryl methyl sites for hydroxylation is 2. The normalized spacial score (nSPS) is 17.8. The molecule has 1 aromatic heterocycles. The minimum atomic E-state index is -0.0284. The second-order valence-electron chi connectivity index (χ2n) is 4.59. The second kappa shape index (κ2) is 3.45. The first-order valence-electron chi connectivity index (χ1n) is 5.35. The summed E-state index contributed by atoms with van der Waals surface area (Å²) in [5.41, 5.74) is 7.63. The highest BCUT2D eigenvalue weighted by molar-refractivity contribution is 5.17. The molecule has 0 bridgehead atoms. The molecule has 1 aromatic rings. The van der Waals surface area contributed by atoms with Crippen LogP contribution < -0.4 is 11.3 Å². The fourth-order valence-corrected chi connectivity index (χ4v) is 1.72. The Bertz CT molecular complexity index is 432. The van der Waals surface area contributed by atoms with Gasteiger partial charge in [-0.2, -0.15) is 0 Å². The summed E-state index contributed by atoms with van der Waals surface area (Å²) in [6.45, 7) is 3.62. The summed E-state index contributed by atoms with van der Waals surface area (Å²) in [7, 11) is 0. The Labute approximate surface area is 88.9 Å². The molecule has 82 valence electrons. The van der Waals surface area contributed by atoms with Crippen LogP contribution in [0.15, 0.2) is 4.79 Å². The number of rotatable bonds is 3. The zero-order valence-electron chi connectivity index (χ0n) is 9.26. The van der Waals surface area contributed by atoms with Gasteiger partial charge in [0.2, 0.25) is 0 Å². The molecule has 0 aliphatic heterocycles. The monoisotopic (exact) mass is 207 g/mol. The Morgan fingerprint density at radius 2 is 2.13 bits per heavy atom. The molecule has 1 aliphatic rings. The van der Waals surface area contributed by atoms with Crippen LogP contribution >= 0.6 is 0 Å². The minimum absolute atomic E-state index is 0.0284. The summed E-state index contributed by atoms with van der Waals surface area (Å²) in [5.74, 6) is 0.683. The van der Waals surface area contributed by atoms with Crippen molar-refractivity contribution in [1.29, 1.82) is 0 Å². The summed E-state index contributed by atoms with van der Waals surface area (Å²) < 4.78 is 0. The fraction of sp³-hybridized carbons (Fsp3) is 0.636. The summed E-state index contributed by atoms with van der Waals surface area (Å²) in [6, 6.07) is 0. The lowest BCUT2D eigenvalue weighted by atomic mass is 10.1. The van der Waals surface area contributed by atoms with Crippen LogP contribution in [0.5, 0.6) is 0 Å². The van der Waals surface area contributed by atoms with E-state index < -0.39 is 0 Å². The van der Waals surface area contributed by atoms with Crippen LogP contribution in [-0.2, 0) is 6.42 Å². The molecule has 0 amide bonds. The molecular weight excluding hydrogens is 190 g/mol. The first-order chi connectivity index (χ1) is 7.00. The number of nitrogens with two attached hydrogens (primary N) is 1. The number of H-pyrrole nitrogens is 1. The first kappa shape index (κ1) is 10.4. The van der Waals surface area contributed by atoms with E-state index in [1.807, 2.05) is 6.92 Å². The molecule has 4 nitrogen and oxygen atoms in total. The second-order valence-corrected chi connectivity index (χ2v) is 4.59. The van der Waals surface area contributed by atoms with E-state index in [0.29, 0.717) is 5.82 Å². The third-order valence-electron chi connectivity index (χ3n) is 3.12. The van der Waals surface area contributed by atoms with Gasteiger partial charge < -0.3 is 10.7 Å². The maximum Gasteiger partial charge on any atom is 0.254 e. The Morgan fingerprint density at radius 1 is 1.47 bits per heavy atom. The highest BCUT2D eigenvalue weighted by Crippen LogP contribution is 2.36. The van der Waals surface area contributed by atoms with E-state index in [9.17, 15) is 4.79 Å². The summed E-state index contributed by atoms with van der Waals surface area (Å²) >= 11 is 0. The van der Waals surface area contributed by atoms with Gasteiger partial charge >= 0.3 is 0 Å². The maximum absolute atomic E-state index is 11.5. The predicted molar refractivity (Wildman–Crippen MR) is 58.8 cm³/mol. The number of aromatic nitrogens is 2. The van der Waals surface area contributed by atoms with Crippen LogP contribution in [0, 0.1) is 13.8 Å². The van der Waals surface area contributed by atoms with Crippen molar-refractivity contribution in [1.82, 2.24) is 9.97 Å². The lowest BCUT2D eigenvalue weighted by Crippen LogP contribution is -2.24. The minimum Gasteiger partial charge on any atom is -0.325 e. The lowest BCUT2D eigenvalue weighted by molar-refractivity contribution is 0.599. The molecule has 0 radical (unpaired) electrons. The van der Waals surface area contributed by atoms with Crippen LogP contribution in [0.4, 0.5) is 0 Å². The SMILES string of the molecule is Cc1nc(CCC2(N)CC2)c(C)c(=O)[nH]1. The molecule has 1 aliphatic carbocycles. The molecule has 1 heterocycles. The van der Waals surface area contributed by atoms with Gasteiger partial charge in [-0.25, -0.2) is 4.98 Å². The number of hydrogen-bond acceptors (Lipinski definition) is 3. The standard InChI is InChI=1S/C11H17N3O/c1-7-9(3-4-11(12)5-6-11)13-8(2)14-10(7)15/h3-6,12H2,1-2H3,(H,13,14,15). The van der Waals surface area contributed by atoms with Crippen LogP contribution in [0.3, 0.4) is 0 Å². The first-order valence-corrected chi connectivity index (χ1v) is 5.35. The average Bonchev–Trinajstić information content (AvgIpc) is 2.88. The van der Waals surface area contributed by atoms with E-state index >= 15 is 0 Å². The molecular formula is C11H17N3O. The van der Waals surface area contributed by atoms with E-state index in [-0.39, 0.29) is 11.1 Å². The zero-order chi connectivity index (χ0) is 11.1. The highest BCUT2D eigenvalue weighted by Gasteiger charge is 2.37. The largest absolute Gasteiger partial charge is 0.325 e. The zero-order valence-corrected chi connectivity index (χ0v) is 9.26. The molecule has 0 aromatic carbocycles. The van der Waals surface area contributed by atoms with E-state index in [1.165, 1.54) is 0 Å². The summed E-state index contributed by atoms with van der Waals surface area (Å²) in [5, 5.41) is 0. The van der Waals surface area contributed by atoms with Crippen LogP contribution in [-0.4, -0.2) is 15.5 Å². The molecule has 1 fully saturated rings. The van der Waals surface area contributed by atoms with Crippen molar-refractivity contribution in [3.8, 4) is 0 Å². The van der Waals surface area contributed by atoms with Crippen molar-refractivity contribution in [2.45, 2.75) is 45.1 Å². The Hall–Kier alpha value is -1.16. The molecule has 0 unspecified atom stereocenters. The lowest BCUT2D eigenvalue weighted by Gasteiger charge is -2.09. The van der Waals surface area contributed by atoms with Gasteiger partial charge in [-0.15, -0.1) is 0 Å². The molecule has 0 atom stereocenters. The molecule has 2 rings (SSSR count). The van der Waals surface area contributed by atoms with Crippen LogP contribution in [0.25, 0.3) is 0 Å². The highest BCUT2D eigenvalue weighted by atomic mass is 16.1. The van der Waals surface area contributed by atoms with Crippen molar-refractivity contribution in [3.63, 3.8) is 0 Å². The Morgan fingerprint density at radius 3 is 2.73 bits per heavy atom. The van der Waals surface area contributed by atoms with Gasteiger partial charge in [0.25, 0.3) is 5.56 Å². The quantitative estimate of drug-likeness (QED) is 0.770. The van der Waals surface area contributed by atoms with Crippen molar-refractivity contribution < 1.29 is 0 Å². The van der Waals surface area contributed by atoms with Gasteiger partial charge in [0, 0.05) is 11.1 Å². The maximum atomic E-state index is 11.5. The molecule has 15 heavy (non-hydrogen) atoms. The number of nitrogens with one attached hydrogen (secondary N) is 1. The van der Waals surface area contributed by atoms with Crippen LogP contribution in [0.1, 0.15) is 36.3 Å². The topological polar surface area (TPSA) is 71.8 Å². The van der Waals surface area contributed by atoms with Gasteiger partial charge in [0.05, 0.1) is 5.69 Å². The Kier molecular flexibility index (Phi) is 2.38. The van der Waals surface area contributed by atoms with Crippen molar-refractivity contribution in [2.75, 3.05) is 0 Å². The van der Waals surface area contributed by atoms with Crippen molar-refractivity contribution in [2.24, 2.45) is 5.73 Å². The Balaban J connectivity index is 2.16. The van der Waals surface area contributed by atoms with Crippen LogP contribution in [0.2, 0.25) is 0 Å². The summed E-state index contributed by atoms with van der Waals surface area (Å²) in [4.78, 5) is 18.5. The van der Waals surface area contributed by atoms with E-state index in [2.05, 4.69) is 9.97 Å². The molecule has 0 saturated heterocycles. The molecule has 1 saturated carbocycles. The summed E-state index contributed by atoms with van der Waals surface area (Å²) in [6.07, 6.45) is 3.96. The molecule has 4 heteroatoms. The molecule has 3 N–H and O–H groups in total. The van der Waals surface area contributed by atoms with Crippen molar-refractivity contribution in [3.05, 3.63) is 27.4 Å². The third-order valence-corrected chi connectivity index (χ3v) is 3.12. The smallest absolute Gasteiger partial charge is 0.254 e. The van der Waals surface area contributed by atoms with E-state index in [1.54, 1.807) is 6.92 Å². The van der Waals surface area contributed by atoms with E-state index in [0.717, 1.165) is 36.9 Å². The van der Waals surface area contributed by atoms with Crippen molar-refractivity contribution >= 4 is 0 Å². The third kappa shape index (κ3) is 2.26. The van der Waals surface area contributed by atoms with Gasteiger partial charge in [-0.05, 0) is 39.5 Å². The average molecular weight is 207 g/mol. The fourth-order valence-electron chi connectivity index (χ4n) is 1.72. The van der Waals surface area contributed by atoms with Gasteiger partial charge in [0.1, 0.15) is 5.82 Å². The van der Waals surface area contributed by atoms with Gasteiger partial charge in [0.15, 0.2) is 0 Å². The van der Waals surface area contributed by atoms with Gasteiger partial charge in [-0.1, -0.05) is 0 Å². The number of aromatic amines is 1. The number of hydrogen-bond donors (Lipinski definition) is 2. The predicted octanol–water partition coefficient (Wildman–Crippen LogP) is 0.811.